The SMILES string of the molecule is CC(C)C1CCCN1C1(CN)CCCC(C)(C)C1. The Hall–Kier alpha value is -0.0800. The molecule has 2 heteroatoms. The van der Waals surface area contributed by atoms with Crippen LogP contribution < -0.4 is 5.73 Å². The standard InChI is InChI=1S/C16H32N2/c1-13(2)14-7-5-10-18(14)16(12-17)9-6-8-15(3,4)11-16/h13-14H,5-12,17H2,1-4H3. The van der Waals surface area contributed by atoms with Crippen molar-refractivity contribution in [1.29, 1.82) is 0 Å². The minimum atomic E-state index is 0.299. The summed E-state index contributed by atoms with van der Waals surface area (Å²) in [4.78, 5) is 2.80. The summed E-state index contributed by atoms with van der Waals surface area (Å²) in [5.74, 6) is 0.765. The molecule has 2 atom stereocenters. The minimum absolute atomic E-state index is 0.299. The maximum atomic E-state index is 6.26. The molecule has 0 aromatic heterocycles. The van der Waals surface area contributed by atoms with Crippen LogP contribution in [0.15, 0.2) is 0 Å². The Labute approximate surface area is 113 Å². The average Bonchev–Trinajstić information content (AvgIpc) is 2.76. The maximum absolute atomic E-state index is 6.26. The molecule has 0 amide bonds. The lowest BCUT2D eigenvalue weighted by atomic mass is 9.67. The second kappa shape index (κ2) is 5.13. The van der Waals surface area contributed by atoms with Gasteiger partial charge in [0.25, 0.3) is 0 Å². The first-order valence-corrected chi connectivity index (χ1v) is 7.87. The van der Waals surface area contributed by atoms with Crippen molar-refractivity contribution in [3.63, 3.8) is 0 Å². The van der Waals surface area contributed by atoms with Crippen molar-refractivity contribution in [2.75, 3.05) is 13.1 Å². The molecule has 0 spiro atoms. The molecular formula is C16H32N2. The third-order valence-corrected chi connectivity index (χ3v) is 5.36. The summed E-state index contributed by atoms with van der Waals surface area (Å²) in [6.07, 6.45) is 8.07. The molecule has 106 valence electrons. The van der Waals surface area contributed by atoms with Crippen molar-refractivity contribution in [2.24, 2.45) is 17.1 Å². The number of likely N-dealkylation sites (tertiary alicyclic amines) is 1. The third kappa shape index (κ3) is 2.60. The van der Waals surface area contributed by atoms with Crippen molar-refractivity contribution in [3.8, 4) is 0 Å². The van der Waals surface area contributed by atoms with E-state index < -0.39 is 0 Å². The minimum Gasteiger partial charge on any atom is -0.329 e. The first-order valence-electron chi connectivity index (χ1n) is 7.87. The number of nitrogens with two attached hydrogens (primary N) is 1. The van der Waals surface area contributed by atoms with E-state index in [0.29, 0.717) is 11.0 Å². The predicted molar refractivity (Wildman–Crippen MR) is 78.6 cm³/mol. The molecule has 1 aliphatic heterocycles. The summed E-state index contributed by atoms with van der Waals surface area (Å²) < 4.78 is 0. The van der Waals surface area contributed by atoms with Crippen LogP contribution in [-0.4, -0.2) is 29.6 Å². The predicted octanol–water partition coefficient (Wildman–Crippen LogP) is 3.40. The van der Waals surface area contributed by atoms with Crippen LogP contribution in [-0.2, 0) is 0 Å². The molecule has 0 bridgehead atoms. The highest BCUT2D eigenvalue weighted by Crippen LogP contribution is 2.46. The van der Waals surface area contributed by atoms with Gasteiger partial charge in [0.05, 0.1) is 0 Å². The van der Waals surface area contributed by atoms with E-state index in [9.17, 15) is 0 Å². The highest BCUT2D eigenvalue weighted by atomic mass is 15.3. The van der Waals surface area contributed by atoms with Gasteiger partial charge in [-0.1, -0.05) is 34.1 Å². The zero-order valence-corrected chi connectivity index (χ0v) is 12.8. The molecule has 2 rings (SSSR count). The largest absolute Gasteiger partial charge is 0.329 e. The van der Waals surface area contributed by atoms with Gasteiger partial charge in [-0.05, 0) is 50.0 Å². The van der Waals surface area contributed by atoms with Gasteiger partial charge >= 0.3 is 0 Å². The molecular weight excluding hydrogens is 220 g/mol. The van der Waals surface area contributed by atoms with Gasteiger partial charge in [0.2, 0.25) is 0 Å². The lowest BCUT2D eigenvalue weighted by Gasteiger charge is -2.52. The van der Waals surface area contributed by atoms with E-state index in [1.54, 1.807) is 0 Å². The summed E-state index contributed by atoms with van der Waals surface area (Å²) in [6, 6.07) is 0.766. The second-order valence-electron chi connectivity index (χ2n) is 7.77. The van der Waals surface area contributed by atoms with Gasteiger partial charge in [-0.3, -0.25) is 4.90 Å². The fourth-order valence-electron chi connectivity index (χ4n) is 4.57. The summed E-state index contributed by atoms with van der Waals surface area (Å²) in [5.41, 5.74) is 7.03. The molecule has 0 radical (unpaired) electrons. The number of nitrogens with zero attached hydrogens (tertiary/aromatic N) is 1. The maximum Gasteiger partial charge on any atom is 0.0339 e. The van der Waals surface area contributed by atoms with Gasteiger partial charge in [-0.15, -0.1) is 0 Å². The van der Waals surface area contributed by atoms with Crippen LogP contribution in [0.1, 0.15) is 66.2 Å². The van der Waals surface area contributed by atoms with Crippen LogP contribution in [0.25, 0.3) is 0 Å². The van der Waals surface area contributed by atoms with Crippen molar-refractivity contribution < 1.29 is 0 Å². The molecule has 2 nitrogen and oxygen atoms in total. The molecule has 18 heavy (non-hydrogen) atoms. The molecule has 1 saturated carbocycles. The highest BCUT2D eigenvalue weighted by molar-refractivity contribution is 5.03. The molecule has 1 saturated heterocycles. The third-order valence-electron chi connectivity index (χ3n) is 5.36. The average molecular weight is 252 g/mol. The fourth-order valence-corrected chi connectivity index (χ4v) is 4.57. The Morgan fingerprint density at radius 1 is 1.22 bits per heavy atom. The molecule has 2 N–H and O–H groups in total. The van der Waals surface area contributed by atoms with Crippen molar-refractivity contribution in [2.45, 2.75) is 77.8 Å². The van der Waals surface area contributed by atoms with E-state index in [-0.39, 0.29) is 0 Å². The lowest BCUT2D eigenvalue weighted by Crippen LogP contribution is -2.59. The Morgan fingerprint density at radius 3 is 2.50 bits per heavy atom. The van der Waals surface area contributed by atoms with E-state index in [1.165, 1.54) is 45.1 Å². The van der Waals surface area contributed by atoms with E-state index in [4.69, 9.17) is 5.73 Å². The van der Waals surface area contributed by atoms with Crippen LogP contribution in [0.4, 0.5) is 0 Å². The number of rotatable bonds is 3. The van der Waals surface area contributed by atoms with Crippen LogP contribution in [0, 0.1) is 11.3 Å². The Bertz CT molecular complexity index is 285. The highest BCUT2D eigenvalue weighted by Gasteiger charge is 2.47. The van der Waals surface area contributed by atoms with Crippen LogP contribution in [0.2, 0.25) is 0 Å². The molecule has 1 aliphatic carbocycles. The van der Waals surface area contributed by atoms with Crippen LogP contribution in [0.5, 0.6) is 0 Å². The smallest absolute Gasteiger partial charge is 0.0339 e. The monoisotopic (exact) mass is 252 g/mol. The number of hydrogen-bond acceptors (Lipinski definition) is 2. The summed E-state index contributed by atoms with van der Waals surface area (Å²) in [5, 5.41) is 0. The lowest BCUT2D eigenvalue weighted by molar-refractivity contribution is -0.00942. The van der Waals surface area contributed by atoms with E-state index >= 15 is 0 Å². The van der Waals surface area contributed by atoms with Gasteiger partial charge in [-0.25, -0.2) is 0 Å². The van der Waals surface area contributed by atoms with Gasteiger partial charge in [0, 0.05) is 18.1 Å². The second-order valence-corrected chi connectivity index (χ2v) is 7.77. The van der Waals surface area contributed by atoms with Crippen molar-refractivity contribution in [1.82, 2.24) is 4.90 Å². The van der Waals surface area contributed by atoms with Crippen molar-refractivity contribution >= 4 is 0 Å². The first-order chi connectivity index (χ1) is 8.40. The molecule has 0 aromatic carbocycles. The van der Waals surface area contributed by atoms with Gasteiger partial charge < -0.3 is 5.73 Å². The van der Waals surface area contributed by atoms with Crippen LogP contribution in [0.3, 0.4) is 0 Å². The van der Waals surface area contributed by atoms with E-state index in [2.05, 4.69) is 32.6 Å². The Morgan fingerprint density at radius 2 is 1.94 bits per heavy atom. The van der Waals surface area contributed by atoms with Gasteiger partial charge in [-0.2, -0.15) is 0 Å². The van der Waals surface area contributed by atoms with Crippen molar-refractivity contribution in [3.05, 3.63) is 0 Å². The first kappa shape index (κ1) is 14.3. The molecule has 2 fully saturated rings. The molecule has 1 heterocycles. The molecule has 2 aliphatic rings. The normalized spacial score (nSPS) is 37.3. The Balaban J connectivity index is 2.21. The summed E-state index contributed by atoms with van der Waals surface area (Å²) in [7, 11) is 0. The van der Waals surface area contributed by atoms with E-state index in [0.717, 1.165) is 18.5 Å². The summed E-state index contributed by atoms with van der Waals surface area (Å²) in [6.45, 7) is 11.7. The molecule has 2 unspecified atom stereocenters. The molecule has 0 aromatic rings. The number of hydrogen-bond donors (Lipinski definition) is 1. The quantitative estimate of drug-likeness (QED) is 0.834. The topological polar surface area (TPSA) is 29.3 Å². The zero-order valence-electron chi connectivity index (χ0n) is 12.8. The zero-order chi connectivity index (χ0) is 13.4. The Kier molecular flexibility index (Phi) is 4.08. The van der Waals surface area contributed by atoms with Gasteiger partial charge in [0.1, 0.15) is 0 Å². The summed E-state index contributed by atoms with van der Waals surface area (Å²) >= 11 is 0. The van der Waals surface area contributed by atoms with E-state index in [1.807, 2.05) is 0 Å². The van der Waals surface area contributed by atoms with Gasteiger partial charge in [0.15, 0.2) is 0 Å². The van der Waals surface area contributed by atoms with Crippen LogP contribution >= 0.6 is 0 Å². The fraction of sp³-hybridized carbons (Fsp3) is 1.00.